The molecule has 0 spiro atoms. The van der Waals surface area contributed by atoms with E-state index >= 15 is 0 Å². The molecule has 0 amide bonds. The predicted octanol–water partition coefficient (Wildman–Crippen LogP) is 5.36. The lowest BCUT2D eigenvalue weighted by Gasteiger charge is -2.32. The Labute approximate surface area is 156 Å². The summed E-state index contributed by atoms with van der Waals surface area (Å²) in [6, 6.07) is 7.95. The number of nitrogens with zero attached hydrogens (tertiary/aromatic N) is 2. The van der Waals surface area contributed by atoms with Crippen molar-refractivity contribution in [3.05, 3.63) is 45.4 Å². The summed E-state index contributed by atoms with van der Waals surface area (Å²) in [6.45, 7) is 0.435. The van der Waals surface area contributed by atoms with E-state index in [9.17, 15) is 5.11 Å². The molecule has 4 rings (SSSR count). The largest absolute Gasteiger partial charge is 0.510 e. The monoisotopic (exact) mass is 373 g/mol. The number of hydrogen-bond donors (Lipinski definition) is 2. The minimum atomic E-state index is 0.266. The average molecular weight is 374 g/mol. The van der Waals surface area contributed by atoms with E-state index in [-0.39, 0.29) is 5.76 Å². The Bertz CT molecular complexity index is 839. The molecule has 0 atom stereocenters. The van der Waals surface area contributed by atoms with E-state index in [0.29, 0.717) is 34.0 Å². The van der Waals surface area contributed by atoms with Gasteiger partial charge in [-0.15, -0.1) is 11.3 Å². The van der Waals surface area contributed by atoms with Crippen LogP contribution in [0.1, 0.15) is 37.1 Å². The van der Waals surface area contributed by atoms with Gasteiger partial charge in [-0.05, 0) is 25.0 Å². The Morgan fingerprint density at radius 1 is 1.24 bits per heavy atom. The second-order valence-electron chi connectivity index (χ2n) is 6.64. The summed E-state index contributed by atoms with van der Waals surface area (Å²) in [5.74, 6) is 0.680. The minimum Gasteiger partial charge on any atom is -0.510 e. The number of nitrogens with one attached hydrogen (secondary N) is 1. The molecule has 0 saturated heterocycles. The first kappa shape index (κ1) is 16.6. The Morgan fingerprint density at radius 3 is 2.80 bits per heavy atom. The van der Waals surface area contributed by atoms with Gasteiger partial charge in [0.2, 0.25) is 0 Å². The van der Waals surface area contributed by atoms with Crippen LogP contribution >= 0.6 is 22.9 Å². The van der Waals surface area contributed by atoms with Crippen LogP contribution in [0.25, 0.3) is 16.8 Å². The number of aliphatic hydroxyl groups is 1. The van der Waals surface area contributed by atoms with E-state index < -0.39 is 0 Å². The van der Waals surface area contributed by atoms with Crippen molar-refractivity contribution in [2.45, 2.75) is 38.1 Å². The van der Waals surface area contributed by atoms with Gasteiger partial charge in [0, 0.05) is 22.0 Å². The van der Waals surface area contributed by atoms with Crippen LogP contribution in [0.5, 0.6) is 0 Å². The third-order valence-corrected chi connectivity index (χ3v) is 6.08. The fourth-order valence-electron chi connectivity index (χ4n) is 3.70. The zero-order valence-corrected chi connectivity index (χ0v) is 15.4. The molecule has 2 heterocycles. The fourth-order valence-corrected chi connectivity index (χ4v) is 4.78. The smallest absolute Gasteiger partial charge is 0.135 e. The van der Waals surface area contributed by atoms with Gasteiger partial charge in [0.05, 0.1) is 17.8 Å². The molecule has 1 aromatic carbocycles. The Balaban J connectivity index is 1.59. The van der Waals surface area contributed by atoms with E-state index in [1.807, 2.05) is 34.5 Å². The van der Waals surface area contributed by atoms with Crippen molar-refractivity contribution in [1.29, 1.82) is 5.41 Å². The number of benzene rings is 1. The maximum absolute atomic E-state index is 10.5. The Hall–Kier alpha value is -1.85. The quantitative estimate of drug-likeness (QED) is 0.761. The van der Waals surface area contributed by atoms with Gasteiger partial charge < -0.3 is 10.0 Å². The third kappa shape index (κ3) is 3.18. The first-order valence-electron chi connectivity index (χ1n) is 8.63. The standard InChI is InChI=1S/C19H20ClN3OS/c20-13-6-4-5-12(9-13)15-11-25-19(22-15)17-16(24)10-23(18(17)21)14-7-2-1-3-8-14/h4-6,9,11,14,21,24H,1-3,7-8,10H2. The van der Waals surface area contributed by atoms with E-state index in [2.05, 4.69) is 4.98 Å². The highest BCUT2D eigenvalue weighted by Crippen LogP contribution is 2.35. The number of hydrogen-bond acceptors (Lipinski definition) is 4. The molecule has 1 saturated carbocycles. The molecule has 0 bridgehead atoms. The van der Waals surface area contributed by atoms with Crippen LogP contribution in [-0.2, 0) is 0 Å². The van der Waals surface area contributed by atoms with Gasteiger partial charge in [0.15, 0.2) is 0 Å². The molecule has 2 N–H and O–H groups in total. The van der Waals surface area contributed by atoms with Gasteiger partial charge in [0.25, 0.3) is 0 Å². The predicted molar refractivity (Wildman–Crippen MR) is 103 cm³/mol. The molecule has 2 aliphatic rings. The van der Waals surface area contributed by atoms with Gasteiger partial charge in [-0.1, -0.05) is 43.0 Å². The summed E-state index contributed by atoms with van der Waals surface area (Å²) in [5.41, 5.74) is 2.36. The highest BCUT2D eigenvalue weighted by atomic mass is 35.5. The summed E-state index contributed by atoms with van der Waals surface area (Å²) in [7, 11) is 0. The first-order valence-corrected chi connectivity index (χ1v) is 9.89. The highest BCUT2D eigenvalue weighted by Gasteiger charge is 2.34. The molecular weight excluding hydrogens is 354 g/mol. The number of rotatable bonds is 3. The van der Waals surface area contributed by atoms with Crippen molar-refractivity contribution in [3.8, 4) is 11.3 Å². The van der Waals surface area contributed by atoms with Gasteiger partial charge in [-0.2, -0.15) is 0 Å². The molecular formula is C19H20ClN3OS. The van der Waals surface area contributed by atoms with Crippen LogP contribution < -0.4 is 0 Å². The van der Waals surface area contributed by atoms with Crippen molar-refractivity contribution in [2.24, 2.45) is 0 Å². The minimum absolute atomic E-state index is 0.266. The number of thiazole rings is 1. The third-order valence-electron chi connectivity index (χ3n) is 4.99. The lowest BCUT2D eigenvalue weighted by atomic mass is 9.94. The molecule has 1 fully saturated rings. The van der Waals surface area contributed by atoms with Gasteiger partial charge >= 0.3 is 0 Å². The molecule has 1 aliphatic carbocycles. The maximum Gasteiger partial charge on any atom is 0.135 e. The van der Waals surface area contributed by atoms with Crippen molar-refractivity contribution < 1.29 is 5.11 Å². The summed E-state index contributed by atoms with van der Waals surface area (Å²) in [4.78, 5) is 6.70. The molecule has 1 aliphatic heterocycles. The Kier molecular flexibility index (Phi) is 4.52. The zero-order chi connectivity index (χ0) is 17.4. The van der Waals surface area contributed by atoms with E-state index in [1.54, 1.807) is 0 Å². The second-order valence-corrected chi connectivity index (χ2v) is 7.93. The molecule has 4 nitrogen and oxygen atoms in total. The number of halogens is 1. The lowest BCUT2D eigenvalue weighted by Crippen LogP contribution is -2.38. The number of aromatic nitrogens is 1. The number of amidine groups is 1. The van der Waals surface area contributed by atoms with Crippen LogP contribution in [0.2, 0.25) is 5.02 Å². The maximum atomic E-state index is 10.5. The second kappa shape index (κ2) is 6.81. The summed E-state index contributed by atoms with van der Waals surface area (Å²) in [5, 5.41) is 22.4. The molecule has 6 heteroatoms. The van der Waals surface area contributed by atoms with Crippen LogP contribution in [-0.4, -0.2) is 33.4 Å². The van der Waals surface area contributed by atoms with Crippen molar-refractivity contribution in [2.75, 3.05) is 6.54 Å². The van der Waals surface area contributed by atoms with Crippen LogP contribution in [0.15, 0.2) is 35.4 Å². The highest BCUT2D eigenvalue weighted by molar-refractivity contribution is 7.11. The average Bonchev–Trinajstić information content (AvgIpc) is 3.20. The van der Waals surface area contributed by atoms with Crippen LogP contribution in [0.4, 0.5) is 0 Å². The summed E-state index contributed by atoms with van der Waals surface area (Å²) >= 11 is 7.53. The SMILES string of the molecule is N=C1C(c2nc(-c3cccc(Cl)c3)cs2)=C(O)CN1C1CCCCC1. The topological polar surface area (TPSA) is 60.2 Å². The first-order chi connectivity index (χ1) is 12.1. The van der Waals surface area contributed by atoms with Crippen LogP contribution in [0, 0.1) is 5.41 Å². The molecule has 25 heavy (non-hydrogen) atoms. The van der Waals surface area contributed by atoms with Crippen molar-refractivity contribution in [3.63, 3.8) is 0 Å². The van der Waals surface area contributed by atoms with E-state index in [1.165, 1.54) is 30.6 Å². The lowest BCUT2D eigenvalue weighted by molar-refractivity contribution is 0.241. The molecule has 0 radical (unpaired) electrons. The normalized spacial score (nSPS) is 19.1. The van der Waals surface area contributed by atoms with Crippen LogP contribution in [0.3, 0.4) is 0 Å². The van der Waals surface area contributed by atoms with Gasteiger partial charge in [-0.3, -0.25) is 5.41 Å². The van der Waals surface area contributed by atoms with Crippen molar-refractivity contribution >= 4 is 34.3 Å². The van der Waals surface area contributed by atoms with E-state index in [0.717, 1.165) is 24.1 Å². The molecule has 0 unspecified atom stereocenters. The molecule has 130 valence electrons. The van der Waals surface area contributed by atoms with Crippen molar-refractivity contribution in [1.82, 2.24) is 9.88 Å². The zero-order valence-electron chi connectivity index (χ0n) is 13.8. The van der Waals surface area contributed by atoms with Gasteiger partial charge in [0.1, 0.15) is 16.6 Å². The Morgan fingerprint density at radius 2 is 2.04 bits per heavy atom. The van der Waals surface area contributed by atoms with Gasteiger partial charge in [-0.25, -0.2) is 4.98 Å². The van der Waals surface area contributed by atoms with E-state index in [4.69, 9.17) is 17.0 Å². The fraction of sp³-hybridized carbons (Fsp3) is 0.368. The number of aliphatic hydroxyl groups excluding tert-OH is 1. The molecule has 1 aromatic heterocycles. The summed E-state index contributed by atoms with van der Waals surface area (Å²) in [6.07, 6.45) is 5.91. The molecule has 2 aromatic rings. The summed E-state index contributed by atoms with van der Waals surface area (Å²) < 4.78 is 0.